The van der Waals surface area contributed by atoms with Crippen LogP contribution in [0.5, 0.6) is 11.5 Å². The second-order valence-electron chi connectivity index (χ2n) is 7.41. The third-order valence-corrected chi connectivity index (χ3v) is 5.51. The number of fused-ring (bicyclic) bond motifs is 1. The highest BCUT2D eigenvalue weighted by atomic mass is 16.7. The van der Waals surface area contributed by atoms with Crippen molar-refractivity contribution >= 4 is 11.7 Å². The summed E-state index contributed by atoms with van der Waals surface area (Å²) in [6, 6.07) is 12.5. The van der Waals surface area contributed by atoms with Crippen molar-refractivity contribution in [3.05, 3.63) is 70.1 Å². The van der Waals surface area contributed by atoms with E-state index >= 15 is 0 Å². The van der Waals surface area contributed by atoms with Crippen LogP contribution in [0.25, 0.3) is 11.3 Å². The van der Waals surface area contributed by atoms with E-state index < -0.39 is 5.41 Å². The average Bonchev–Trinajstić information content (AvgIpc) is 3.41. The number of carbonyl (C=O) groups is 1. The first kappa shape index (κ1) is 17.5. The SMILES string of the molecule is Cc1ccc(NC(=O)C2(c3ccc4c(c3)OCO4)CC2)nc1-c1ccc(=O)[nH]c1.[HH]. The van der Waals surface area contributed by atoms with Gasteiger partial charge in [-0.05, 0) is 55.2 Å². The maximum atomic E-state index is 13.1. The largest absolute Gasteiger partial charge is 0.454 e. The van der Waals surface area contributed by atoms with E-state index in [1.54, 1.807) is 18.3 Å². The van der Waals surface area contributed by atoms with Crippen LogP contribution < -0.4 is 20.3 Å². The van der Waals surface area contributed by atoms with Gasteiger partial charge in [0.15, 0.2) is 11.5 Å². The van der Waals surface area contributed by atoms with E-state index in [4.69, 9.17) is 9.47 Å². The summed E-state index contributed by atoms with van der Waals surface area (Å²) in [7, 11) is 0. The topological polar surface area (TPSA) is 93.3 Å². The lowest BCUT2D eigenvalue weighted by atomic mass is 9.94. The van der Waals surface area contributed by atoms with Gasteiger partial charge in [-0.1, -0.05) is 12.1 Å². The highest BCUT2D eigenvalue weighted by Crippen LogP contribution is 2.51. The Morgan fingerprint density at radius 2 is 1.97 bits per heavy atom. The van der Waals surface area contributed by atoms with Gasteiger partial charge in [-0.25, -0.2) is 4.98 Å². The third kappa shape index (κ3) is 3.04. The Labute approximate surface area is 168 Å². The number of benzene rings is 1. The summed E-state index contributed by atoms with van der Waals surface area (Å²) in [5, 5.41) is 2.97. The van der Waals surface area contributed by atoms with Crippen LogP contribution in [0.2, 0.25) is 0 Å². The van der Waals surface area contributed by atoms with Gasteiger partial charge in [0, 0.05) is 19.3 Å². The van der Waals surface area contributed by atoms with Crippen molar-refractivity contribution < 1.29 is 15.7 Å². The number of rotatable bonds is 4. The molecule has 3 aromatic rings. The van der Waals surface area contributed by atoms with Crippen LogP contribution in [-0.4, -0.2) is 22.7 Å². The number of nitrogens with zero attached hydrogens (tertiary/aromatic N) is 1. The first-order chi connectivity index (χ1) is 14.0. The number of ether oxygens (including phenoxy) is 2. The number of anilines is 1. The smallest absolute Gasteiger partial charge is 0.247 e. The molecule has 0 atom stereocenters. The van der Waals surface area contributed by atoms with Crippen molar-refractivity contribution in [1.29, 1.82) is 0 Å². The maximum absolute atomic E-state index is 13.1. The molecule has 0 spiro atoms. The Morgan fingerprint density at radius 1 is 1.14 bits per heavy atom. The second kappa shape index (κ2) is 6.48. The van der Waals surface area contributed by atoms with Crippen molar-refractivity contribution in [1.82, 2.24) is 9.97 Å². The fraction of sp³-hybridized carbons (Fsp3) is 0.227. The van der Waals surface area contributed by atoms with Crippen LogP contribution >= 0.6 is 0 Å². The van der Waals surface area contributed by atoms with Crippen molar-refractivity contribution in [2.75, 3.05) is 12.1 Å². The lowest BCUT2D eigenvalue weighted by Crippen LogP contribution is -2.28. The third-order valence-electron chi connectivity index (χ3n) is 5.51. The van der Waals surface area contributed by atoms with Crippen molar-refractivity contribution in [3.63, 3.8) is 0 Å². The summed E-state index contributed by atoms with van der Waals surface area (Å²) in [6.45, 7) is 2.15. The molecule has 2 aliphatic rings. The minimum atomic E-state index is -0.564. The van der Waals surface area contributed by atoms with Crippen LogP contribution in [0.1, 0.15) is 25.4 Å². The van der Waals surface area contributed by atoms with Crippen LogP contribution in [0.3, 0.4) is 0 Å². The van der Waals surface area contributed by atoms with E-state index in [0.717, 1.165) is 29.5 Å². The van der Waals surface area contributed by atoms with Crippen LogP contribution in [0, 0.1) is 6.92 Å². The fourth-order valence-corrected chi connectivity index (χ4v) is 3.65. The highest BCUT2D eigenvalue weighted by Gasteiger charge is 2.51. The quantitative estimate of drug-likeness (QED) is 0.711. The number of H-pyrrole nitrogens is 1. The Morgan fingerprint density at radius 3 is 2.72 bits per heavy atom. The number of hydrogen-bond acceptors (Lipinski definition) is 5. The first-order valence-corrected chi connectivity index (χ1v) is 9.43. The summed E-state index contributed by atoms with van der Waals surface area (Å²) in [4.78, 5) is 31.7. The molecule has 7 heteroatoms. The molecule has 148 valence electrons. The molecule has 0 saturated heterocycles. The molecule has 0 unspecified atom stereocenters. The molecule has 7 nitrogen and oxygen atoms in total. The number of carbonyl (C=O) groups excluding carboxylic acids is 1. The minimum Gasteiger partial charge on any atom is -0.454 e. The normalized spacial score (nSPS) is 15.8. The summed E-state index contributed by atoms with van der Waals surface area (Å²) in [5.74, 6) is 1.78. The molecule has 0 radical (unpaired) electrons. The lowest BCUT2D eigenvalue weighted by molar-refractivity contribution is -0.118. The Balaban J connectivity index is 0.00000218. The Bertz CT molecular complexity index is 1170. The molecule has 5 rings (SSSR count). The predicted octanol–water partition coefficient (Wildman–Crippen LogP) is 3.39. The zero-order valence-electron chi connectivity index (χ0n) is 15.8. The summed E-state index contributed by atoms with van der Waals surface area (Å²) in [5.41, 5.74) is 2.64. The van der Waals surface area contributed by atoms with E-state index in [-0.39, 0.29) is 19.7 Å². The number of hydrogen-bond donors (Lipinski definition) is 2. The van der Waals surface area contributed by atoms with Gasteiger partial charge in [-0.15, -0.1) is 0 Å². The van der Waals surface area contributed by atoms with E-state index in [1.807, 2.05) is 31.2 Å². The second-order valence-corrected chi connectivity index (χ2v) is 7.41. The zero-order valence-corrected chi connectivity index (χ0v) is 15.8. The van der Waals surface area contributed by atoms with Gasteiger partial charge in [0.05, 0.1) is 11.1 Å². The monoisotopic (exact) mass is 391 g/mol. The van der Waals surface area contributed by atoms with Crippen molar-refractivity contribution in [2.24, 2.45) is 0 Å². The number of aromatic amines is 1. The lowest BCUT2D eigenvalue weighted by Gasteiger charge is -2.17. The van der Waals surface area contributed by atoms with Crippen LogP contribution in [0.15, 0.2) is 53.5 Å². The molecule has 1 fully saturated rings. The van der Waals surface area contributed by atoms with Crippen molar-refractivity contribution in [3.8, 4) is 22.8 Å². The molecule has 1 amide bonds. The molecular weight excluding hydrogens is 370 g/mol. The van der Waals surface area contributed by atoms with Gasteiger partial charge in [-0.2, -0.15) is 0 Å². The molecule has 2 aromatic heterocycles. The number of amides is 1. The molecule has 0 bridgehead atoms. The van der Waals surface area contributed by atoms with Crippen molar-refractivity contribution in [2.45, 2.75) is 25.2 Å². The van der Waals surface area contributed by atoms with Crippen LogP contribution in [0.4, 0.5) is 5.82 Å². The van der Waals surface area contributed by atoms with E-state index in [9.17, 15) is 9.59 Å². The number of nitrogens with one attached hydrogen (secondary N) is 2. The fourth-order valence-electron chi connectivity index (χ4n) is 3.65. The Kier molecular flexibility index (Phi) is 3.91. The molecular formula is C22H21N3O4. The van der Waals surface area contributed by atoms with E-state index in [1.165, 1.54) is 6.07 Å². The van der Waals surface area contributed by atoms with Gasteiger partial charge < -0.3 is 19.8 Å². The molecule has 1 aliphatic carbocycles. The van der Waals surface area contributed by atoms with E-state index in [2.05, 4.69) is 15.3 Å². The van der Waals surface area contributed by atoms with Crippen LogP contribution in [-0.2, 0) is 10.2 Å². The molecule has 2 N–H and O–H groups in total. The number of aromatic nitrogens is 2. The van der Waals surface area contributed by atoms with Gasteiger partial charge in [0.25, 0.3) is 0 Å². The standard InChI is InChI=1S/C22H19N3O4.H2/c1-13-2-6-18(24-20(13)14-3-7-19(26)23-11-14)25-21(27)22(8-9-22)15-4-5-16-17(10-15)29-12-28-16;/h2-7,10-11H,8-9,12H2,1H3,(H,23,26)(H,24,25,27);1H. The maximum Gasteiger partial charge on any atom is 0.247 e. The van der Waals surface area contributed by atoms with E-state index in [0.29, 0.717) is 23.0 Å². The van der Waals surface area contributed by atoms with Gasteiger partial charge in [0.2, 0.25) is 18.3 Å². The molecule has 1 aliphatic heterocycles. The van der Waals surface area contributed by atoms with Gasteiger partial charge in [-0.3, -0.25) is 9.59 Å². The molecule has 1 saturated carbocycles. The predicted molar refractivity (Wildman–Crippen MR) is 109 cm³/mol. The first-order valence-electron chi connectivity index (χ1n) is 9.43. The molecule has 3 heterocycles. The minimum absolute atomic E-state index is 0. The van der Waals surface area contributed by atoms with Gasteiger partial charge >= 0.3 is 0 Å². The summed E-state index contributed by atoms with van der Waals surface area (Å²) < 4.78 is 10.8. The molecule has 1 aromatic carbocycles. The molecule has 29 heavy (non-hydrogen) atoms. The summed E-state index contributed by atoms with van der Waals surface area (Å²) in [6.07, 6.45) is 3.17. The zero-order chi connectivity index (χ0) is 20.0. The Hall–Kier alpha value is -3.61. The number of aryl methyl sites for hydroxylation is 1. The highest BCUT2D eigenvalue weighted by molar-refractivity contribution is 6.01. The average molecular weight is 391 g/mol. The number of pyridine rings is 2. The van der Waals surface area contributed by atoms with Gasteiger partial charge in [0.1, 0.15) is 5.82 Å². The summed E-state index contributed by atoms with van der Waals surface area (Å²) >= 11 is 0.